The van der Waals surface area contributed by atoms with E-state index in [0.29, 0.717) is 0 Å². The largest absolute Gasteiger partial charge is 0.303 e. The fraction of sp³-hybridized carbons (Fsp3) is 0.500. The van der Waals surface area contributed by atoms with Crippen LogP contribution in [0.1, 0.15) is 24.0 Å². The lowest BCUT2D eigenvalue weighted by Crippen LogP contribution is -2.21. The van der Waals surface area contributed by atoms with Crippen molar-refractivity contribution in [3.05, 3.63) is 35.4 Å². The van der Waals surface area contributed by atoms with Crippen molar-refractivity contribution in [2.45, 2.75) is 18.6 Å². The van der Waals surface area contributed by atoms with E-state index in [-0.39, 0.29) is 0 Å². The van der Waals surface area contributed by atoms with Gasteiger partial charge < -0.3 is 4.90 Å². The van der Waals surface area contributed by atoms with Crippen LogP contribution in [-0.4, -0.2) is 30.3 Å². The van der Waals surface area contributed by atoms with Crippen molar-refractivity contribution in [2.75, 3.05) is 25.4 Å². The highest BCUT2D eigenvalue weighted by molar-refractivity contribution is 7.98. The molecule has 1 aliphatic heterocycles. The van der Waals surface area contributed by atoms with Crippen molar-refractivity contribution < 1.29 is 0 Å². The van der Waals surface area contributed by atoms with E-state index in [1.165, 1.54) is 43.8 Å². The normalized spacial score (nSPS) is 15.9. The molecule has 1 heterocycles. The van der Waals surface area contributed by atoms with Gasteiger partial charge in [-0.1, -0.05) is 18.2 Å². The van der Waals surface area contributed by atoms with E-state index in [0.717, 1.165) is 11.3 Å². The van der Waals surface area contributed by atoms with Gasteiger partial charge in [-0.05, 0) is 37.6 Å². The highest BCUT2D eigenvalue weighted by Crippen LogP contribution is 2.17. The molecule has 1 aromatic rings. The molecular formula is C14H18N2S. The Balaban J connectivity index is 1.72. The molecule has 0 aromatic heterocycles. The van der Waals surface area contributed by atoms with Crippen LogP contribution in [0.15, 0.2) is 24.3 Å². The quantitative estimate of drug-likeness (QED) is 0.748. The standard InChI is InChI=1S/C14H18N2S/c15-11-13-5-1-2-6-14(13)12-17-10-9-16-7-3-4-8-16/h1-2,5-6H,3-4,7-10,12H2. The van der Waals surface area contributed by atoms with E-state index in [9.17, 15) is 0 Å². The van der Waals surface area contributed by atoms with Crippen molar-refractivity contribution in [1.82, 2.24) is 4.90 Å². The first-order valence-electron chi connectivity index (χ1n) is 6.18. The number of thioether (sulfide) groups is 1. The van der Waals surface area contributed by atoms with Gasteiger partial charge in [-0.3, -0.25) is 0 Å². The highest BCUT2D eigenvalue weighted by atomic mass is 32.2. The Bertz CT molecular complexity index is 391. The van der Waals surface area contributed by atoms with Crippen LogP contribution >= 0.6 is 11.8 Å². The maximum atomic E-state index is 8.98. The number of likely N-dealkylation sites (tertiary alicyclic amines) is 1. The number of nitriles is 1. The molecule has 2 rings (SSSR count). The Morgan fingerprint density at radius 3 is 2.76 bits per heavy atom. The second kappa shape index (κ2) is 6.68. The molecule has 0 unspecified atom stereocenters. The smallest absolute Gasteiger partial charge is 0.0994 e. The zero-order valence-electron chi connectivity index (χ0n) is 10.1. The lowest BCUT2D eigenvalue weighted by molar-refractivity contribution is 0.362. The van der Waals surface area contributed by atoms with E-state index < -0.39 is 0 Å². The first-order chi connectivity index (χ1) is 8.40. The monoisotopic (exact) mass is 246 g/mol. The van der Waals surface area contributed by atoms with Crippen molar-refractivity contribution in [2.24, 2.45) is 0 Å². The Morgan fingerprint density at radius 1 is 1.24 bits per heavy atom. The fourth-order valence-corrected chi connectivity index (χ4v) is 3.14. The molecule has 0 aliphatic carbocycles. The van der Waals surface area contributed by atoms with Gasteiger partial charge in [-0.2, -0.15) is 17.0 Å². The minimum Gasteiger partial charge on any atom is -0.303 e. The van der Waals surface area contributed by atoms with Crippen molar-refractivity contribution in [3.8, 4) is 6.07 Å². The number of nitrogens with zero attached hydrogens (tertiary/aromatic N) is 2. The lowest BCUT2D eigenvalue weighted by atomic mass is 10.1. The molecule has 1 saturated heterocycles. The summed E-state index contributed by atoms with van der Waals surface area (Å²) in [5, 5.41) is 8.98. The first kappa shape index (κ1) is 12.5. The van der Waals surface area contributed by atoms with Crippen LogP contribution in [0.3, 0.4) is 0 Å². The van der Waals surface area contributed by atoms with Crippen LogP contribution in [0.2, 0.25) is 0 Å². The Hall–Kier alpha value is -0.980. The summed E-state index contributed by atoms with van der Waals surface area (Å²) in [6, 6.07) is 10.1. The summed E-state index contributed by atoms with van der Waals surface area (Å²) in [5.41, 5.74) is 1.99. The number of hydrogen-bond acceptors (Lipinski definition) is 3. The molecule has 0 saturated carbocycles. The molecule has 17 heavy (non-hydrogen) atoms. The van der Waals surface area contributed by atoms with Crippen LogP contribution < -0.4 is 0 Å². The third-order valence-electron chi connectivity index (χ3n) is 3.15. The van der Waals surface area contributed by atoms with Gasteiger partial charge >= 0.3 is 0 Å². The summed E-state index contributed by atoms with van der Waals surface area (Å²) in [7, 11) is 0. The molecule has 0 amide bonds. The summed E-state index contributed by atoms with van der Waals surface area (Å²) < 4.78 is 0. The van der Waals surface area contributed by atoms with Crippen molar-refractivity contribution in [1.29, 1.82) is 5.26 Å². The van der Waals surface area contributed by atoms with Crippen LogP contribution in [-0.2, 0) is 5.75 Å². The van der Waals surface area contributed by atoms with Gasteiger partial charge in [-0.25, -0.2) is 0 Å². The predicted molar refractivity (Wildman–Crippen MR) is 73.0 cm³/mol. The van der Waals surface area contributed by atoms with Crippen LogP contribution in [0.25, 0.3) is 0 Å². The van der Waals surface area contributed by atoms with Gasteiger partial charge in [0.25, 0.3) is 0 Å². The third-order valence-corrected chi connectivity index (χ3v) is 4.13. The molecule has 0 radical (unpaired) electrons. The molecule has 0 N–H and O–H groups in total. The maximum absolute atomic E-state index is 8.98. The number of benzene rings is 1. The van der Waals surface area contributed by atoms with Crippen molar-refractivity contribution >= 4 is 11.8 Å². The van der Waals surface area contributed by atoms with Gasteiger partial charge in [0, 0.05) is 18.1 Å². The average Bonchev–Trinajstić information content (AvgIpc) is 2.88. The van der Waals surface area contributed by atoms with E-state index in [2.05, 4.69) is 17.0 Å². The van der Waals surface area contributed by atoms with E-state index in [4.69, 9.17) is 5.26 Å². The van der Waals surface area contributed by atoms with Crippen molar-refractivity contribution in [3.63, 3.8) is 0 Å². The van der Waals surface area contributed by atoms with Gasteiger partial charge in [-0.15, -0.1) is 0 Å². The topological polar surface area (TPSA) is 27.0 Å². The molecule has 0 spiro atoms. The molecule has 3 heteroatoms. The van der Waals surface area contributed by atoms with E-state index >= 15 is 0 Å². The van der Waals surface area contributed by atoms with E-state index in [1.807, 2.05) is 30.0 Å². The highest BCUT2D eigenvalue weighted by Gasteiger charge is 2.10. The third kappa shape index (κ3) is 3.76. The number of hydrogen-bond donors (Lipinski definition) is 0. The van der Waals surface area contributed by atoms with Gasteiger partial charge in [0.15, 0.2) is 0 Å². The first-order valence-corrected chi connectivity index (χ1v) is 7.34. The summed E-state index contributed by atoms with van der Waals surface area (Å²) in [6.45, 7) is 3.74. The summed E-state index contributed by atoms with van der Waals surface area (Å²) in [4.78, 5) is 2.53. The summed E-state index contributed by atoms with van der Waals surface area (Å²) in [6.07, 6.45) is 2.73. The van der Waals surface area contributed by atoms with Crippen LogP contribution in [0.4, 0.5) is 0 Å². The van der Waals surface area contributed by atoms with Crippen LogP contribution in [0, 0.1) is 11.3 Å². The summed E-state index contributed by atoms with van der Waals surface area (Å²) in [5.74, 6) is 2.12. The van der Waals surface area contributed by atoms with Gasteiger partial charge in [0.2, 0.25) is 0 Å². The molecule has 1 fully saturated rings. The molecule has 1 aromatic carbocycles. The Morgan fingerprint density at radius 2 is 2.00 bits per heavy atom. The molecule has 0 atom stereocenters. The molecule has 1 aliphatic rings. The number of rotatable bonds is 5. The molecule has 90 valence electrons. The fourth-order valence-electron chi connectivity index (χ4n) is 2.14. The Kier molecular flexibility index (Phi) is 4.90. The minimum absolute atomic E-state index is 0.821. The lowest BCUT2D eigenvalue weighted by Gasteiger charge is -2.13. The zero-order chi connectivity index (χ0) is 11.9. The molecule has 0 bridgehead atoms. The average molecular weight is 246 g/mol. The second-order valence-electron chi connectivity index (χ2n) is 4.37. The SMILES string of the molecule is N#Cc1ccccc1CSCCN1CCCC1. The molecular weight excluding hydrogens is 228 g/mol. The second-order valence-corrected chi connectivity index (χ2v) is 5.48. The van der Waals surface area contributed by atoms with Gasteiger partial charge in [0.1, 0.15) is 0 Å². The predicted octanol–water partition coefficient (Wildman–Crippen LogP) is 2.89. The maximum Gasteiger partial charge on any atom is 0.0994 e. The van der Waals surface area contributed by atoms with E-state index in [1.54, 1.807) is 0 Å². The molecule has 2 nitrogen and oxygen atoms in total. The zero-order valence-corrected chi connectivity index (χ0v) is 10.9. The van der Waals surface area contributed by atoms with Gasteiger partial charge in [0.05, 0.1) is 11.6 Å². The van der Waals surface area contributed by atoms with Crippen LogP contribution in [0.5, 0.6) is 0 Å². The minimum atomic E-state index is 0.821. The Labute approximate surface area is 108 Å². The summed E-state index contributed by atoms with van der Waals surface area (Å²) >= 11 is 1.93.